The summed E-state index contributed by atoms with van der Waals surface area (Å²) in [5.41, 5.74) is 5.52. The molecule has 0 atom stereocenters. The van der Waals surface area contributed by atoms with Crippen LogP contribution < -0.4 is 5.73 Å². The van der Waals surface area contributed by atoms with Crippen molar-refractivity contribution in [2.75, 3.05) is 59.5 Å². The number of piperazine rings is 1. The fraction of sp³-hybridized carbons (Fsp3) is 1.00. The highest BCUT2D eigenvalue weighted by Crippen LogP contribution is 2.01. The third kappa shape index (κ3) is 4.37. The fourth-order valence-electron chi connectivity index (χ4n) is 1.85. The number of ether oxygens (including phenoxy) is 1. The topological polar surface area (TPSA) is 41.7 Å². The lowest BCUT2D eigenvalue weighted by Gasteiger charge is -2.34. The molecule has 84 valence electrons. The Labute approximate surface area is 87.0 Å². The number of methoxy groups -OCH3 is 1. The van der Waals surface area contributed by atoms with Gasteiger partial charge in [-0.05, 0) is 6.42 Å². The molecule has 0 aromatic heterocycles. The second-order valence-corrected chi connectivity index (χ2v) is 3.82. The normalized spacial score (nSPS) is 20.1. The first-order valence-electron chi connectivity index (χ1n) is 5.50. The average Bonchev–Trinajstić information content (AvgIpc) is 2.21. The van der Waals surface area contributed by atoms with Crippen LogP contribution in [0.5, 0.6) is 0 Å². The summed E-state index contributed by atoms with van der Waals surface area (Å²) in [5, 5.41) is 0. The Kier molecular flexibility index (Phi) is 6.10. The minimum Gasteiger partial charge on any atom is -0.385 e. The maximum absolute atomic E-state index is 5.52. The van der Waals surface area contributed by atoms with Gasteiger partial charge in [0.25, 0.3) is 0 Å². The molecule has 0 radical (unpaired) electrons. The van der Waals surface area contributed by atoms with E-state index in [0.717, 1.165) is 26.1 Å². The summed E-state index contributed by atoms with van der Waals surface area (Å²) in [6.07, 6.45) is 1.15. The Bertz CT molecular complexity index is 135. The van der Waals surface area contributed by atoms with Crippen LogP contribution in [-0.4, -0.2) is 69.3 Å². The molecule has 0 aromatic rings. The molecule has 1 aliphatic rings. The van der Waals surface area contributed by atoms with Gasteiger partial charge in [0.05, 0.1) is 0 Å². The van der Waals surface area contributed by atoms with E-state index in [4.69, 9.17) is 10.5 Å². The maximum atomic E-state index is 5.52. The van der Waals surface area contributed by atoms with Crippen molar-refractivity contribution in [3.05, 3.63) is 0 Å². The second-order valence-electron chi connectivity index (χ2n) is 3.82. The summed E-state index contributed by atoms with van der Waals surface area (Å²) >= 11 is 0. The van der Waals surface area contributed by atoms with E-state index in [1.807, 2.05) is 0 Å². The quantitative estimate of drug-likeness (QED) is 0.594. The molecule has 2 N–H and O–H groups in total. The van der Waals surface area contributed by atoms with Gasteiger partial charge in [-0.3, -0.25) is 4.90 Å². The molecule has 0 aromatic carbocycles. The van der Waals surface area contributed by atoms with Crippen molar-refractivity contribution < 1.29 is 4.74 Å². The number of rotatable bonds is 6. The number of nitrogens with zero attached hydrogens (tertiary/aromatic N) is 2. The first-order valence-corrected chi connectivity index (χ1v) is 5.50. The average molecular weight is 201 g/mol. The molecular formula is C10H23N3O. The van der Waals surface area contributed by atoms with Gasteiger partial charge in [0, 0.05) is 59.5 Å². The van der Waals surface area contributed by atoms with Crippen molar-refractivity contribution in [3.8, 4) is 0 Å². The van der Waals surface area contributed by atoms with E-state index in [1.54, 1.807) is 7.11 Å². The van der Waals surface area contributed by atoms with E-state index in [0.29, 0.717) is 0 Å². The minimum atomic E-state index is 0.781. The summed E-state index contributed by atoms with van der Waals surface area (Å²) < 4.78 is 5.04. The first-order chi connectivity index (χ1) is 6.86. The second kappa shape index (κ2) is 7.17. The Balaban J connectivity index is 2.03. The SMILES string of the molecule is COCCCN1CCN(CCN)CC1. The number of nitrogens with two attached hydrogens (primary N) is 1. The molecule has 0 aliphatic carbocycles. The highest BCUT2D eigenvalue weighted by molar-refractivity contribution is 4.71. The predicted octanol–water partition coefficient (Wildman–Crippen LogP) is -0.401. The molecule has 1 saturated heterocycles. The van der Waals surface area contributed by atoms with Gasteiger partial charge in [-0.25, -0.2) is 0 Å². The highest BCUT2D eigenvalue weighted by Gasteiger charge is 2.14. The smallest absolute Gasteiger partial charge is 0.0474 e. The molecule has 0 saturated carbocycles. The number of hydrogen-bond acceptors (Lipinski definition) is 4. The molecule has 1 heterocycles. The van der Waals surface area contributed by atoms with Crippen LogP contribution in [0.2, 0.25) is 0 Å². The van der Waals surface area contributed by atoms with Crippen LogP contribution in [0.25, 0.3) is 0 Å². The van der Waals surface area contributed by atoms with Gasteiger partial charge in [0.1, 0.15) is 0 Å². The summed E-state index contributed by atoms with van der Waals surface area (Å²) in [6.45, 7) is 8.59. The van der Waals surface area contributed by atoms with Gasteiger partial charge in [0.15, 0.2) is 0 Å². The standard InChI is InChI=1S/C10H23N3O/c1-14-10-2-4-12-6-8-13(5-3-11)9-7-12/h2-11H2,1H3. The Hall–Kier alpha value is -0.160. The molecule has 1 rings (SSSR count). The predicted molar refractivity (Wildman–Crippen MR) is 58.4 cm³/mol. The molecule has 14 heavy (non-hydrogen) atoms. The zero-order valence-corrected chi connectivity index (χ0v) is 9.24. The summed E-state index contributed by atoms with van der Waals surface area (Å²) in [5.74, 6) is 0. The van der Waals surface area contributed by atoms with E-state index < -0.39 is 0 Å². The molecule has 0 spiro atoms. The van der Waals surface area contributed by atoms with Crippen LogP contribution in [0.3, 0.4) is 0 Å². The van der Waals surface area contributed by atoms with Crippen molar-refractivity contribution in [3.63, 3.8) is 0 Å². The van der Waals surface area contributed by atoms with Crippen LogP contribution in [0.4, 0.5) is 0 Å². The summed E-state index contributed by atoms with van der Waals surface area (Å²) in [7, 11) is 1.76. The lowest BCUT2D eigenvalue weighted by molar-refractivity contribution is 0.119. The van der Waals surface area contributed by atoms with Crippen LogP contribution in [0.15, 0.2) is 0 Å². The van der Waals surface area contributed by atoms with Gasteiger partial charge in [-0.1, -0.05) is 0 Å². The van der Waals surface area contributed by atoms with Crippen molar-refractivity contribution in [2.24, 2.45) is 5.73 Å². The number of hydrogen-bond donors (Lipinski definition) is 1. The largest absolute Gasteiger partial charge is 0.385 e. The van der Waals surface area contributed by atoms with E-state index in [2.05, 4.69) is 9.80 Å². The fourth-order valence-corrected chi connectivity index (χ4v) is 1.85. The van der Waals surface area contributed by atoms with E-state index in [1.165, 1.54) is 32.7 Å². The maximum Gasteiger partial charge on any atom is 0.0474 e. The molecule has 4 nitrogen and oxygen atoms in total. The third-order valence-corrected chi connectivity index (χ3v) is 2.73. The van der Waals surface area contributed by atoms with Crippen molar-refractivity contribution in [1.29, 1.82) is 0 Å². The van der Waals surface area contributed by atoms with Crippen molar-refractivity contribution >= 4 is 0 Å². The van der Waals surface area contributed by atoms with E-state index in [-0.39, 0.29) is 0 Å². The highest BCUT2D eigenvalue weighted by atomic mass is 16.5. The lowest BCUT2D eigenvalue weighted by Crippen LogP contribution is -2.47. The molecular weight excluding hydrogens is 178 g/mol. The Morgan fingerprint density at radius 2 is 1.64 bits per heavy atom. The first kappa shape index (κ1) is 11.9. The third-order valence-electron chi connectivity index (χ3n) is 2.73. The van der Waals surface area contributed by atoms with Gasteiger partial charge in [0.2, 0.25) is 0 Å². The van der Waals surface area contributed by atoms with Crippen molar-refractivity contribution in [1.82, 2.24) is 9.80 Å². The lowest BCUT2D eigenvalue weighted by atomic mass is 10.3. The molecule has 0 bridgehead atoms. The van der Waals surface area contributed by atoms with E-state index >= 15 is 0 Å². The minimum absolute atomic E-state index is 0.781. The van der Waals surface area contributed by atoms with Gasteiger partial charge < -0.3 is 15.4 Å². The Morgan fingerprint density at radius 3 is 2.14 bits per heavy atom. The van der Waals surface area contributed by atoms with E-state index in [9.17, 15) is 0 Å². The summed E-state index contributed by atoms with van der Waals surface area (Å²) in [6, 6.07) is 0. The van der Waals surface area contributed by atoms with Crippen LogP contribution in [0.1, 0.15) is 6.42 Å². The van der Waals surface area contributed by atoms with Gasteiger partial charge in [-0.2, -0.15) is 0 Å². The van der Waals surface area contributed by atoms with Crippen molar-refractivity contribution in [2.45, 2.75) is 6.42 Å². The van der Waals surface area contributed by atoms with Crippen LogP contribution >= 0.6 is 0 Å². The molecule has 0 amide bonds. The van der Waals surface area contributed by atoms with Crippen LogP contribution in [-0.2, 0) is 4.74 Å². The zero-order chi connectivity index (χ0) is 10.2. The van der Waals surface area contributed by atoms with Gasteiger partial charge >= 0.3 is 0 Å². The molecule has 4 heteroatoms. The van der Waals surface area contributed by atoms with Gasteiger partial charge in [-0.15, -0.1) is 0 Å². The van der Waals surface area contributed by atoms with Crippen LogP contribution in [0, 0.1) is 0 Å². The Morgan fingerprint density at radius 1 is 1.07 bits per heavy atom. The molecule has 0 unspecified atom stereocenters. The zero-order valence-electron chi connectivity index (χ0n) is 9.24. The summed E-state index contributed by atoms with van der Waals surface area (Å²) in [4.78, 5) is 4.94. The monoisotopic (exact) mass is 201 g/mol. The molecule has 1 fully saturated rings. The molecule has 1 aliphatic heterocycles.